The Kier molecular flexibility index (Phi) is 5.86. The van der Waals surface area contributed by atoms with Crippen LogP contribution in [0.25, 0.3) is 0 Å². The topological polar surface area (TPSA) is 81.1 Å². The quantitative estimate of drug-likeness (QED) is 0.728. The summed E-state index contributed by atoms with van der Waals surface area (Å²) in [6.45, 7) is 1.80. The molecule has 1 fully saturated rings. The van der Waals surface area contributed by atoms with Crippen molar-refractivity contribution in [2.75, 3.05) is 22.6 Å². The molecule has 0 radical (unpaired) electrons. The van der Waals surface area contributed by atoms with Crippen LogP contribution in [0.2, 0.25) is 10.0 Å². The van der Waals surface area contributed by atoms with Gasteiger partial charge in [-0.25, -0.2) is 13.1 Å². The van der Waals surface area contributed by atoms with Crippen molar-refractivity contribution in [1.82, 2.24) is 9.78 Å². The van der Waals surface area contributed by atoms with E-state index in [9.17, 15) is 13.2 Å². The zero-order valence-electron chi connectivity index (χ0n) is 13.9. The number of hydrogen-bond acceptors (Lipinski definition) is 5. The van der Waals surface area contributed by atoms with Gasteiger partial charge in [-0.3, -0.25) is 4.79 Å². The number of anilines is 1. The zero-order chi connectivity index (χ0) is 18.9. The van der Waals surface area contributed by atoms with Gasteiger partial charge in [0.05, 0.1) is 39.0 Å². The first-order chi connectivity index (χ1) is 12.2. The zero-order valence-corrected chi connectivity index (χ0v) is 17.1. The summed E-state index contributed by atoms with van der Waals surface area (Å²) in [6.07, 6.45) is 0.496. The number of benzene rings is 1. The van der Waals surface area contributed by atoms with Gasteiger partial charge in [0.15, 0.2) is 9.84 Å². The van der Waals surface area contributed by atoms with Crippen molar-refractivity contribution in [2.24, 2.45) is 0 Å². The average Bonchev–Trinajstić information content (AvgIpc) is 3.08. The molecule has 0 bridgehead atoms. The van der Waals surface area contributed by atoms with Crippen LogP contribution in [-0.2, 0) is 14.6 Å². The number of carbonyl (C=O) groups excluding carboxylic acids is 1. The van der Waals surface area contributed by atoms with Gasteiger partial charge >= 0.3 is 0 Å². The van der Waals surface area contributed by atoms with Gasteiger partial charge in [-0.15, -0.1) is 11.8 Å². The van der Waals surface area contributed by atoms with E-state index in [2.05, 4.69) is 10.4 Å². The van der Waals surface area contributed by atoms with Gasteiger partial charge in [0.2, 0.25) is 5.91 Å². The maximum atomic E-state index is 12.3. The fourth-order valence-corrected chi connectivity index (χ4v) is 5.97. The lowest BCUT2D eigenvalue weighted by atomic mass is 10.3. The van der Waals surface area contributed by atoms with E-state index in [1.807, 2.05) is 0 Å². The summed E-state index contributed by atoms with van der Waals surface area (Å²) in [7, 11) is -3.04. The van der Waals surface area contributed by atoms with Crippen LogP contribution in [0.15, 0.2) is 29.2 Å². The average molecular weight is 434 g/mol. The largest absolute Gasteiger partial charge is 0.310 e. The summed E-state index contributed by atoms with van der Waals surface area (Å²) in [6, 6.07) is 6.65. The smallest absolute Gasteiger partial charge is 0.235 e. The highest BCUT2D eigenvalue weighted by Crippen LogP contribution is 2.34. The molecule has 1 saturated heterocycles. The molecule has 140 valence electrons. The van der Waals surface area contributed by atoms with Crippen LogP contribution in [0.3, 0.4) is 0 Å². The van der Waals surface area contributed by atoms with E-state index in [0.29, 0.717) is 32.9 Å². The Balaban J connectivity index is 1.68. The molecule has 10 heteroatoms. The number of rotatable bonds is 5. The normalized spacial score (nSPS) is 18.8. The molecule has 1 aliphatic rings. The van der Waals surface area contributed by atoms with Crippen molar-refractivity contribution in [3.8, 4) is 0 Å². The number of nitrogens with zero attached hydrogens (tertiary/aromatic N) is 2. The second-order valence-electron chi connectivity index (χ2n) is 6.06. The molecule has 0 aliphatic carbocycles. The van der Waals surface area contributed by atoms with Crippen LogP contribution in [0.1, 0.15) is 18.2 Å². The standard InChI is InChI=1S/C16H17Cl2N3O3S2/c1-10-7-14(21(20-10)11-5-6-26(23,24)9-11)19-15(22)8-25-16-12(17)3-2-4-13(16)18/h2-4,7,11H,5-6,8-9H2,1H3,(H,19,22). The lowest BCUT2D eigenvalue weighted by Crippen LogP contribution is -2.20. The fourth-order valence-electron chi connectivity index (χ4n) is 2.79. The highest BCUT2D eigenvalue weighted by atomic mass is 35.5. The number of aromatic nitrogens is 2. The number of carbonyl (C=O) groups is 1. The van der Waals surface area contributed by atoms with Crippen molar-refractivity contribution in [3.63, 3.8) is 0 Å². The first kappa shape index (κ1) is 19.5. The van der Waals surface area contributed by atoms with Gasteiger partial charge in [0.1, 0.15) is 5.82 Å². The van der Waals surface area contributed by atoms with E-state index in [1.165, 1.54) is 11.8 Å². The molecule has 2 heterocycles. The molecule has 0 saturated carbocycles. The third-order valence-corrected chi connectivity index (χ3v) is 7.69. The van der Waals surface area contributed by atoms with Crippen LogP contribution in [-0.4, -0.2) is 41.4 Å². The molecule has 1 atom stereocenters. The molecule has 6 nitrogen and oxygen atoms in total. The van der Waals surface area contributed by atoms with Gasteiger partial charge in [-0.1, -0.05) is 29.3 Å². The summed E-state index contributed by atoms with van der Waals surface area (Å²) in [4.78, 5) is 13.0. The Labute approximate surface area is 166 Å². The van der Waals surface area contributed by atoms with E-state index in [4.69, 9.17) is 23.2 Å². The van der Waals surface area contributed by atoms with Crippen molar-refractivity contribution in [1.29, 1.82) is 0 Å². The van der Waals surface area contributed by atoms with Crippen LogP contribution in [0.4, 0.5) is 5.82 Å². The molecule has 1 aromatic heterocycles. The Morgan fingerprint density at radius 3 is 2.69 bits per heavy atom. The maximum absolute atomic E-state index is 12.3. The molecule has 3 rings (SSSR count). The fraction of sp³-hybridized carbons (Fsp3) is 0.375. The van der Waals surface area contributed by atoms with Crippen molar-refractivity contribution in [3.05, 3.63) is 40.0 Å². The Bertz CT molecular complexity index is 924. The van der Waals surface area contributed by atoms with Gasteiger partial charge in [-0.05, 0) is 25.5 Å². The molecule has 1 aliphatic heterocycles. The number of sulfone groups is 1. The third kappa shape index (κ3) is 4.54. The number of hydrogen-bond donors (Lipinski definition) is 1. The van der Waals surface area contributed by atoms with Gasteiger partial charge in [0.25, 0.3) is 0 Å². The molecule has 1 amide bonds. The lowest BCUT2D eigenvalue weighted by molar-refractivity contribution is -0.113. The summed E-state index contributed by atoms with van der Waals surface area (Å²) in [5.41, 5.74) is 0.714. The lowest BCUT2D eigenvalue weighted by Gasteiger charge is -2.14. The Morgan fingerprint density at radius 1 is 1.38 bits per heavy atom. The first-order valence-corrected chi connectivity index (χ1v) is 11.4. The van der Waals surface area contributed by atoms with Crippen LogP contribution < -0.4 is 5.32 Å². The van der Waals surface area contributed by atoms with E-state index in [0.717, 1.165) is 0 Å². The first-order valence-electron chi connectivity index (χ1n) is 7.88. The predicted molar refractivity (Wildman–Crippen MR) is 105 cm³/mol. The molecule has 1 N–H and O–H groups in total. The van der Waals surface area contributed by atoms with Gasteiger partial charge in [-0.2, -0.15) is 5.10 Å². The van der Waals surface area contributed by atoms with Gasteiger partial charge in [0, 0.05) is 11.0 Å². The highest BCUT2D eigenvalue weighted by Gasteiger charge is 2.31. The van der Waals surface area contributed by atoms with Gasteiger partial charge < -0.3 is 5.32 Å². The molecule has 1 aromatic carbocycles. The number of halogens is 2. The molecular weight excluding hydrogens is 417 g/mol. The summed E-state index contributed by atoms with van der Waals surface area (Å²) < 4.78 is 25.0. The Morgan fingerprint density at radius 2 is 2.08 bits per heavy atom. The van der Waals surface area contributed by atoms with Crippen molar-refractivity contribution < 1.29 is 13.2 Å². The minimum atomic E-state index is -3.04. The molecule has 2 aromatic rings. The monoisotopic (exact) mass is 433 g/mol. The molecule has 26 heavy (non-hydrogen) atoms. The highest BCUT2D eigenvalue weighted by molar-refractivity contribution is 8.00. The summed E-state index contributed by atoms with van der Waals surface area (Å²) >= 11 is 13.5. The van der Waals surface area contributed by atoms with E-state index >= 15 is 0 Å². The molecule has 1 unspecified atom stereocenters. The van der Waals surface area contributed by atoms with Crippen LogP contribution >= 0.6 is 35.0 Å². The molecular formula is C16H17Cl2N3O3S2. The SMILES string of the molecule is Cc1cc(NC(=O)CSc2c(Cl)cccc2Cl)n(C2CCS(=O)(=O)C2)n1. The minimum Gasteiger partial charge on any atom is -0.310 e. The second-order valence-corrected chi connectivity index (χ2v) is 10.1. The number of thioether (sulfide) groups is 1. The number of aryl methyl sites for hydroxylation is 1. The molecule has 0 spiro atoms. The van der Waals surface area contributed by atoms with Crippen molar-refractivity contribution in [2.45, 2.75) is 24.3 Å². The van der Waals surface area contributed by atoms with E-state index < -0.39 is 9.84 Å². The minimum absolute atomic E-state index is 0.0426. The Hall–Kier alpha value is -1.22. The summed E-state index contributed by atoms with van der Waals surface area (Å²) in [5.74, 6) is 0.566. The maximum Gasteiger partial charge on any atom is 0.235 e. The van der Waals surface area contributed by atoms with Crippen LogP contribution in [0.5, 0.6) is 0 Å². The number of nitrogens with one attached hydrogen (secondary N) is 1. The summed E-state index contributed by atoms with van der Waals surface area (Å²) in [5, 5.41) is 8.14. The third-order valence-electron chi connectivity index (χ3n) is 3.95. The second kappa shape index (κ2) is 7.80. The van der Waals surface area contributed by atoms with Crippen molar-refractivity contribution >= 4 is 56.5 Å². The van der Waals surface area contributed by atoms with E-state index in [-0.39, 0.29) is 29.2 Å². The van der Waals surface area contributed by atoms with E-state index in [1.54, 1.807) is 35.9 Å². The predicted octanol–water partition coefficient (Wildman–Crippen LogP) is 3.59. The number of amides is 1. The van der Waals surface area contributed by atoms with Crippen LogP contribution in [0, 0.1) is 6.92 Å².